The average Bonchev–Trinajstić information content (AvgIpc) is 3.16. The first-order valence-electron chi connectivity index (χ1n) is 11.2. The molecule has 0 radical (unpaired) electrons. The lowest BCUT2D eigenvalue weighted by molar-refractivity contribution is -0.138. The fourth-order valence-electron chi connectivity index (χ4n) is 5.58. The van der Waals surface area contributed by atoms with Crippen molar-refractivity contribution in [2.75, 3.05) is 13.1 Å². The minimum Gasteiger partial charge on any atom is -0.352 e. The third kappa shape index (κ3) is 4.08. The van der Waals surface area contributed by atoms with Gasteiger partial charge in [0.25, 0.3) is 0 Å². The zero-order chi connectivity index (χ0) is 18.7. The summed E-state index contributed by atoms with van der Waals surface area (Å²) >= 11 is 0. The van der Waals surface area contributed by atoms with Gasteiger partial charge in [0, 0.05) is 12.2 Å². The van der Waals surface area contributed by atoms with E-state index in [1.54, 1.807) is 0 Å². The quantitative estimate of drug-likeness (QED) is 0.870. The van der Waals surface area contributed by atoms with Gasteiger partial charge in [0.05, 0.1) is 12.2 Å². The molecule has 27 heavy (non-hydrogen) atoms. The van der Waals surface area contributed by atoms with E-state index < -0.39 is 0 Å². The summed E-state index contributed by atoms with van der Waals surface area (Å²) in [4.78, 5) is 16.0. The maximum absolute atomic E-state index is 13.5. The van der Waals surface area contributed by atoms with Gasteiger partial charge in [-0.05, 0) is 76.9 Å². The van der Waals surface area contributed by atoms with Gasteiger partial charge in [0.1, 0.15) is 5.54 Å². The molecule has 2 aliphatic carbocycles. The van der Waals surface area contributed by atoms with Crippen LogP contribution in [0, 0.1) is 6.92 Å². The van der Waals surface area contributed by atoms with E-state index in [-0.39, 0.29) is 5.54 Å². The molecule has 5 nitrogen and oxygen atoms in total. The molecule has 0 spiro atoms. The number of carbonyl (C=O) groups is 1. The van der Waals surface area contributed by atoms with Crippen LogP contribution in [0.15, 0.2) is 12.4 Å². The van der Waals surface area contributed by atoms with Gasteiger partial charge in [-0.1, -0.05) is 25.7 Å². The summed E-state index contributed by atoms with van der Waals surface area (Å²) in [5, 5.41) is 7.99. The molecular weight excluding hydrogens is 336 g/mol. The highest BCUT2D eigenvalue weighted by Crippen LogP contribution is 2.37. The molecule has 0 bridgehead atoms. The average molecular weight is 373 g/mol. The first kappa shape index (κ1) is 19.0. The second-order valence-electron chi connectivity index (χ2n) is 9.12. The lowest BCUT2D eigenvalue weighted by Crippen LogP contribution is -2.62. The Bertz CT molecular complexity index is 620. The number of carbonyl (C=O) groups excluding carboxylic acids is 1. The number of piperidine rings is 1. The van der Waals surface area contributed by atoms with Crippen LogP contribution in [0.5, 0.6) is 0 Å². The lowest BCUT2D eigenvalue weighted by atomic mass is 9.78. The van der Waals surface area contributed by atoms with Crippen LogP contribution in [0.2, 0.25) is 0 Å². The van der Waals surface area contributed by atoms with Crippen molar-refractivity contribution < 1.29 is 4.79 Å². The van der Waals surface area contributed by atoms with Gasteiger partial charge < -0.3 is 5.32 Å². The lowest BCUT2D eigenvalue weighted by Gasteiger charge is -2.47. The maximum atomic E-state index is 13.5. The van der Waals surface area contributed by atoms with E-state index in [4.69, 9.17) is 0 Å². The Balaban J connectivity index is 1.37. The van der Waals surface area contributed by atoms with Crippen LogP contribution in [0.1, 0.15) is 88.7 Å². The topological polar surface area (TPSA) is 50.2 Å². The number of aromatic nitrogens is 2. The smallest absolute Gasteiger partial charge is 0.240 e. The Morgan fingerprint density at radius 3 is 2.33 bits per heavy atom. The molecule has 3 aliphatic rings. The SMILES string of the molecule is Cc1cnn(C2CCC(NC(=O)C3(N4CCCCC4)CCCCC3)CC2)c1. The summed E-state index contributed by atoms with van der Waals surface area (Å²) in [5.41, 5.74) is 1.01. The van der Waals surface area contributed by atoms with Gasteiger partial charge >= 0.3 is 0 Å². The zero-order valence-corrected chi connectivity index (χ0v) is 17.0. The summed E-state index contributed by atoms with van der Waals surface area (Å²) in [6.07, 6.45) is 18.1. The number of hydrogen-bond acceptors (Lipinski definition) is 3. The number of rotatable bonds is 4. The minimum absolute atomic E-state index is 0.214. The van der Waals surface area contributed by atoms with E-state index in [1.807, 2.05) is 6.20 Å². The molecule has 1 aromatic heterocycles. The Morgan fingerprint density at radius 2 is 1.70 bits per heavy atom. The standard InChI is InChI=1S/C22H36N4O/c1-18-16-23-26(17-18)20-10-8-19(9-11-20)24-21(27)22(12-4-2-5-13-22)25-14-6-3-7-15-25/h16-17,19-20H,2-15H2,1H3,(H,24,27). The maximum Gasteiger partial charge on any atom is 0.240 e. The van der Waals surface area contributed by atoms with Crippen LogP contribution >= 0.6 is 0 Å². The molecule has 4 rings (SSSR count). The molecule has 2 heterocycles. The van der Waals surface area contributed by atoms with Gasteiger partial charge in [0.2, 0.25) is 5.91 Å². The molecule has 1 N–H and O–H groups in total. The fraction of sp³-hybridized carbons (Fsp3) is 0.818. The summed E-state index contributed by atoms with van der Waals surface area (Å²) in [6.45, 7) is 4.32. The van der Waals surface area contributed by atoms with Crippen molar-refractivity contribution in [2.45, 2.75) is 102 Å². The third-order valence-corrected chi connectivity index (χ3v) is 7.20. The number of hydrogen-bond donors (Lipinski definition) is 1. The van der Waals surface area contributed by atoms with Crippen molar-refractivity contribution in [3.05, 3.63) is 18.0 Å². The van der Waals surface area contributed by atoms with E-state index >= 15 is 0 Å². The van der Waals surface area contributed by atoms with Crippen molar-refractivity contribution in [2.24, 2.45) is 0 Å². The van der Waals surface area contributed by atoms with Crippen LogP contribution in [-0.2, 0) is 4.79 Å². The molecule has 1 saturated heterocycles. The van der Waals surface area contributed by atoms with Gasteiger partial charge in [0.15, 0.2) is 0 Å². The van der Waals surface area contributed by atoms with Crippen LogP contribution in [0.25, 0.3) is 0 Å². The van der Waals surface area contributed by atoms with E-state index in [9.17, 15) is 4.79 Å². The first-order chi connectivity index (χ1) is 13.2. The number of amides is 1. The minimum atomic E-state index is -0.214. The molecule has 1 aliphatic heterocycles. The van der Waals surface area contributed by atoms with Crippen molar-refractivity contribution in [1.29, 1.82) is 0 Å². The Kier molecular flexibility index (Phi) is 5.86. The summed E-state index contributed by atoms with van der Waals surface area (Å²) in [7, 11) is 0. The van der Waals surface area contributed by atoms with Crippen molar-refractivity contribution >= 4 is 5.91 Å². The van der Waals surface area contributed by atoms with E-state index in [2.05, 4.69) is 33.1 Å². The van der Waals surface area contributed by atoms with Crippen molar-refractivity contribution in [3.63, 3.8) is 0 Å². The molecule has 3 fully saturated rings. The summed E-state index contributed by atoms with van der Waals surface area (Å²) in [5.74, 6) is 0.336. The molecule has 1 aromatic rings. The van der Waals surface area contributed by atoms with Crippen molar-refractivity contribution in [1.82, 2.24) is 20.0 Å². The van der Waals surface area contributed by atoms with Crippen LogP contribution in [0.4, 0.5) is 0 Å². The molecule has 0 unspecified atom stereocenters. The Morgan fingerprint density at radius 1 is 1.04 bits per heavy atom. The molecule has 5 heteroatoms. The van der Waals surface area contributed by atoms with E-state index in [1.165, 1.54) is 44.1 Å². The molecule has 0 atom stereocenters. The largest absolute Gasteiger partial charge is 0.352 e. The summed E-state index contributed by atoms with van der Waals surface area (Å²) < 4.78 is 2.13. The second-order valence-corrected chi connectivity index (χ2v) is 9.12. The predicted molar refractivity (Wildman–Crippen MR) is 108 cm³/mol. The molecule has 150 valence electrons. The molecule has 2 saturated carbocycles. The number of likely N-dealkylation sites (tertiary alicyclic amines) is 1. The second kappa shape index (κ2) is 8.34. The summed E-state index contributed by atoms with van der Waals surface area (Å²) in [6, 6.07) is 0.839. The highest BCUT2D eigenvalue weighted by atomic mass is 16.2. The monoisotopic (exact) mass is 372 g/mol. The fourth-order valence-corrected chi connectivity index (χ4v) is 5.58. The molecule has 1 amide bonds. The number of aryl methyl sites for hydroxylation is 1. The zero-order valence-electron chi connectivity index (χ0n) is 17.0. The van der Waals surface area contributed by atoms with E-state index in [0.717, 1.165) is 51.6 Å². The highest BCUT2D eigenvalue weighted by molar-refractivity contribution is 5.86. The van der Waals surface area contributed by atoms with Gasteiger partial charge in [-0.3, -0.25) is 14.4 Å². The van der Waals surface area contributed by atoms with Gasteiger partial charge in [-0.25, -0.2) is 0 Å². The van der Waals surface area contributed by atoms with Crippen LogP contribution in [0.3, 0.4) is 0 Å². The molecule has 0 aromatic carbocycles. The number of nitrogens with zero attached hydrogens (tertiary/aromatic N) is 3. The predicted octanol–water partition coefficient (Wildman–Crippen LogP) is 3.98. The normalized spacial score (nSPS) is 29.4. The highest BCUT2D eigenvalue weighted by Gasteiger charge is 2.45. The Hall–Kier alpha value is -1.36. The van der Waals surface area contributed by atoms with Gasteiger partial charge in [-0.15, -0.1) is 0 Å². The van der Waals surface area contributed by atoms with Crippen LogP contribution < -0.4 is 5.32 Å². The van der Waals surface area contributed by atoms with E-state index in [0.29, 0.717) is 18.0 Å². The Labute approximate surface area is 163 Å². The third-order valence-electron chi connectivity index (χ3n) is 7.20. The van der Waals surface area contributed by atoms with Crippen molar-refractivity contribution in [3.8, 4) is 0 Å². The van der Waals surface area contributed by atoms with Crippen LogP contribution in [-0.4, -0.2) is 45.3 Å². The first-order valence-corrected chi connectivity index (χ1v) is 11.2. The van der Waals surface area contributed by atoms with Gasteiger partial charge in [-0.2, -0.15) is 5.10 Å². The number of nitrogens with one attached hydrogen (secondary N) is 1. The molecular formula is C22H36N4O.